The Morgan fingerprint density at radius 2 is 2.25 bits per heavy atom. The van der Waals surface area contributed by atoms with Crippen molar-refractivity contribution in [1.29, 1.82) is 0 Å². The summed E-state index contributed by atoms with van der Waals surface area (Å²) in [6.45, 7) is 6.13. The zero-order chi connectivity index (χ0) is 12.0. The SMILES string of the molecule is CCn1c(C(C)N)cnc1OCCCOC. The second kappa shape index (κ2) is 6.50. The average Bonchev–Trinajstić information content (AvgIpc) is 2.67. The lowest BCUT2D eigenvalue weighted by atomic mass is 10.3. The summed E-state index contributed by atoms with van der Waals surface area (Å²) < 4.78 is 12.5. The molecular weight excluding hydrogens is 206 g/mol. The van der Waals surface area contributed by atoms with Gasteiger partial charge in [-0.1, -0.05) is 0 Å². The summed E-state index contributed by atoms with van der Waals surface area (Å²) in [5, 5.41) is 0. The minimum absolute atomic E-state index is 0.0243. The van der Waals surface area contributed by atoms with Crippen molar-refractivity contribution in [2.45, 2.75) is 32.9 Å². The van der Waals surface area contributed by atoms with Crippen LogP contribution in [0.3, 0.4) is 0 Å². The van der Waals surface area contributed by atoms with Gasteiger partial charge in [0, 0.05) is 32.7 Å². The Balaban J connectivity index is 2.58. The summed E-state index contributed by atoms with van der Waals surface area (Å²) in [7, 11) is 1.68. The molecule has 1 atom stereocenters. The third kappa shape index (κ3) is 3.21. The van der Waals surface area contributed by atoms with Gasteiger partial charge in [0.25, 0.3) is 6.01 Å². The molecule has 0 aliphatic heterocycles. The summed E-state index contributed by atoms with van der Waals surface area (Å²) >= 11 is 0. The Labute approximate surface area is 96.6 Å². The van der Waals surface area contributed by atoms with Gasteiger partial charge in [0.15, 0.2) is 0 Å². The second-order valence-corrected chi connectivity index (χ2v) is 3.69. The van der Waals surface area contributed by atoms with E-state index in [4.69, 9.17) is 15.2 Å². The van der Waals surface area contributed by atoms with E-state index < -0.39 is 0 Å². The van der Waals surface area contributed by atoms with E-state index in [1.807, 2.05) is 11.5 Å². The van der Waals surface area contributed by atoms with Crippen molar-refractivity contribution in [1.82, 2.24) is 9.55 Å². The molecule has 2 N–H and O–H groups in total. The van der Waals surface area contributed by atoms with Gasteiger partial charge >= 0.3 is 0 Å². The topological polar surface area (TPSA) is 62.3 Å². The van der Waals surface area contributed by atoms with E-state index in [2.05, 4.69) is 11.9 Å². The van der Waals surface area contributed by atoms with Crippen LogP contribution < -0.4 is 10.5 Å². The molecule has 1 rings (SSSR count). The first-order valence-electron chi connectivity index (χ1n) is 5.63. The van der Waals surface area contributed by atoms with Crippen LogP contribution in [-0.2, 0) is 11.3 Å². The minimum Gasteiger partial charge on any atom is -0.465 e. The third-order valence-corrected chi connectivity index (χ3v) is 2.36. The Hall–Kier alpha value is -1.07. The monoisotopic (exact) mass is 227 g/mol. The molecule has 0 aromatic carbocycles. The lowest BCUT2D eigenvalue weighted by molar-refractivity contribution is 0.166. The summed E-state index contributed by atoms with van der Waals surface area (Å²) in [6.07, 6.45) is 2.64. The van der Waals surface area contributed by atoms with Crippen molar-refractivity contribution in [3.63, 3.8) is 0 Å². The molecule has 0 fully saturated rings. The van der Waals surface area contributed by atoms with Gasteiger partial charge in [-0.15, -0.1) is 0 Å². The molecule has 1 aromatic heterocycles. The summed E-state index contributed by atoms with van der Waals surface area (Å²) in [6, 6.07) is 0.620. The smallest absolute Gasteiger partial charge is 0.296 e. The van der Waals surface area contributed by atoms with Crippen LogP contribution in [0.4, 0.5) is 0 Å². The molecule has 0 radical (unpaired) electrons. The molecule has 0 aliphatic rings. The maximum atomic E-state index is 5.84. The quantitative estimate of drug-likeness (QED) is 0.714. The van der Waals surface area contributed by atoms with Crippen molar-refractivity contribution < 1.29 is 9.47 Å². The fourth-order valence-electron chi connectivity index (χ4n) is 1.53. The van der Waals surface area contributed by atoms with E-state index in [9.17, 15) is 0 Å². The van der Waals surface area contributed by atoms with E-state index in [-0.39, 0.29) is 6.04 Å². The molecule has 0 amide bonds. The van der Waals surface area contributed by atoms with E-state index >= 15 is 0 Å². The number of imidazole rings is 1. The number of hydrogen-bond donors (Lipinski definition) is 1. The predicted molar refractivity (Wildman–Crippen MR) is 62.5 cm³/mol. The fourth-order valence-corrected chi connectivity index (χ4v) is 1.53. The highest BCUT2D eigenvalue weighted by molar-refractivity contribution is 5.12. The molecule has 16 heavy (non-hydrogen) atoms. The van der Waals surface area contributed by atoms with Crippen LogP contribution >= 0.6 is 0 Å². The fraction of sp³-hybridized carbons (Fsp3) is 0.727. The van der Waals surface area contributed by atoms with Crippen molar-refractivity contribution >= 4 is 0 Å². The first-order valence-corrected chi connectivity index (χ1v) is 5.63. The van der Waals surface area contributed by atoms with E-state index in [1.54, 1.807) is 13.3 Å². The van der Waals surface area contributed by atoms with Gasteiger partial charge in [0.05, 0.1) is 18.5 Å². The Kier molecular flexibility index (Phi) is 5.28. The molecular formula is C11H21N3O2. The Bertz CT molecular complexity index is 310. The van der Waals surface area contributed by atoms with E-state index in [0.717, 1.165) is 18.7 Å². The van der Waals surface area contributed by atoms with Crippen LogP contribution in [0.25, 0.3) is 0 Å². The number of nitrogens with zero attached hydrogens (tertiary/aromatic N) is 2. The number of hydrogen-bond acceptors (Lipinski definition) is 4. The Morgan fingerprint density at radius 1 is 1.50 bits per heavy atom. The molecule has 0 aliphatic carbocycles. The largest absolute Gasteiger partial charge is 0.465 e. The van der Waals surface area contributed by atoms with Gasteiger partial charge in [0.1, 0.15) is 0 Å². The summed E-state index contributed by atoms with van der Waals surface area (Å²) in [5.41, 5.74) is 6.85. The lowest BCUT2D eigenvalue weighted by Crippen LogP contribution is -2.13. The number of ether oxygens (including phenoxy) is 2. The first-order chi connectivity index (χ1) is 7.70. The zero-order valence-electron chi connectivity index (χ0n) is 10.3. The van der Waals surface area contributed by atoms with Crippen molar-refractivity contribution in [3.8, 4) is 6.01 Å². The van der Waals surface area contributed by atoms with Crippen LogP contribution in [0, 0.1) is 0 Å². The van der Waals surface area contributed by atoms with Gasteiger partial charge in [0.2, 0.25) is 0 Å². The van der Waals surface area contributed by atoms with Gasteiger partial charge in [-0.05, 0) is 13.8 Å². The minimum atomic E-state index is -0.0243. The van der Waals surface area contributed by atoms with Crippen molar-refractivity contribution in [2.24, 2.45) is 5.73 Å². The van der Waals surface area contributed by atoms with Crippen LogP contribution in [0.5, 0.6) is 6.01 Å². The van der Waals surface area contributed by atoms with Crippen LogP contribution in [0.1, 0.15) is 32.0 Å². The maximum Gasteiger partial charge on any atom is 0.296 e. The lowest BCUT2D eigenvalue weighted by Gasteiger charge is -2.11. The molecule has 5 nitrogen and oxygen atoms in total. The maximum absolute atomic E-state index is 5.84. The van der Waals surface area contributed by atoms with Crippen molar-refractivity contribution in [3.05, 3.63) is 11.9 Å². The molecule has 1 unspecified atom stereocenters. The number of nitrogens with two attached hydrogens (primary N) is 1. The average molecular weight is 227 g/mol. The molecule has 1 aromatic rings. The normalized spacial score (nSPS) is 12.8. The molecule has 0 saturated carbocycles. The standard InChI is InChI=1S/C11H21N3O2/c1-4-14-10(9(2)12)8-13-11(14)16-7-5-6-15-3/h8-9H,4-7,12H2,1-3H3. The van der Waals surface area contributed by atoms with Gasteiger partial charge < -0.3 is 15.2 Å². The van der Waals surface area contributed by atoms with Gasteiger partial charge in [-0.3, -0.25) is 4.57 Å². The molecule has 0 saturated heterocycles. The van der Waals surface area contributed by atoms with Crippen molar-refractivity contribution in [2.75, 3.05) is 20.3 Å². The molecule has 0 bridgehead atoms. The van der Waals surface area contributed by atoms with Crippen LogP contribution in [0.2, 0.25) is 0 Å². The summed E-state index contributed by atoms with van der Waals surface area (Å²) in [4.78, 5) is 4.23. The summed E-state index contributed by atoms with van der Waals surface area (Å²) in [5.74, 6) is 0. The Morgan fingerprint density at radius 3 is 2.81 bits per heavy atom. The zero-order valence-corrected chi connectivity index (χ0v) is 10.3. The molecule has 1 heterocycles. The van der Waals surface area contributed by atoms with E-state index in [1.165, 1.54) is 0 Å². The first kappa shape index (κ1) is 13.0. The van der Waals surface area contributed by atoms with Gasteiger partial charge in [-0.25, -0.2) is 4.98 Å². The van der Waals surface area contributed by atoms with Crippen LogP contribution in [-0.4, -0.2) is 29.9 Å². The molecule has 92 valence electrons. The third-order valence-electron chi connectivity index (χ3n) is 2.36. The molecule has 5 heteroatoms. The predicted octanol–water partition coefficient (Wildman–Crippen LogP) is 1.34. The number of aromatic nitrogens is 2. The number of rotatable bonds is 7. The van der Waals surface area contributed by atoms with E-state index in [0.29, 0.717) is 19.2 Å². The highest BCUT2D eigenvalue weighted by atomic mass is 16.5. The second-order valence-electron chi connectivity index (χ2n) is 3.69. The molecule has 0 spiro atoms. The van der Waals surface area contributed by atoms with Crippen LogP contribution in [0.15, 0.2) is 6.20 Å². The van der Waals surface area contributed by atoms with Gasteiger partial charge in [-0.2, -0.15) is 0 Å². The number of methoxy groups -OCH3 is 1. The highest BCUT2D eigenvalue weighted by Gasteiger charge is 2.12. The highest BCUT2D eigenvalue weighted by Crippen LogP contribution is 2.17.